The van der Waals surface area contributed by atoms with E-state index in [-0.39, 0.29) is 5.91 Å². The van der Waals surface area contributed by atoms with Crippen molar-refractivity contribution in [1.82, 2.24) is 14.9 Å². The number of halogens is 1. The third-order valence-corrected chi connectivity index (χ3v) is 5.97. The number of carbonyl (C=O) groups excluding carboxylic acids is 1. The van der Waals surface area contributed by atoms with Crippen molar-refractivity contribution >= 4 is 23.3 Å². The predicted molar refractivity (Wildman–Crippen MR) is 121 cm³/mol. The van der Waals surface area contributed by atoms with Crippen LogP contribution in [0, 0.1) is 0 Å². The van der Waals surface area contributed by atoms with Gasteiger partial charge < -0.3 is 9.80 Å². The highest BCUT2D eigenvalue weighted by atomic mass is 35.5. The maximum atomic E-state index is 13.1. The number of fused-ring (bicyclic) bond motifs is 1. The predicted octanol–water partition coefficient (Wildman–Crippen LogP) is 4.46. The highest BCUT2D eigenvalue weighted by Gasteiger charge is 2.30. The molecule has 1 aliphatic rings. The van der Waals surface area contributed by atoms with Crippen molar-refractivity contribution < 1.29 is 4.79 Å². The summed E-state index contributed by atoms with van der Waals surface area (Å²) in [6.07, 6.45) is 0.687. The van der Waals surface area contributed by atoms with E-state index in [1.807, 2.05) is 72.6 Å². The van der Waals surface area contributed by atoms with Gasteiger partial charge in [0.15, 0.2) is 5.82 Å². The maximum Gasteiger partial charge on any atom is 0.245 e. The fourth-order valence-electron chi connectivity index (χ4n) is 3.69. The molecule has 1 aromatic heterocycles. The first kappa shape index (κ1) is 20.4. The van der Waals surface area contributed by atoms with E-state index in [1.54, 1.807) is 0 Å². The third-order valence-electron chi connectivity index (χ3n) is 5.53. The molecule has 0 N–H and O–H groups in total. The first-order valence-corrected chi connectivity index (χ1v) is 10.7. The number of benzene rings is 2. The van der Waals surface area contributed by atoms with E-state index in [1.165, 1.54) is 0 Å². The van der Waals surface area contributed by atoms with E-state index in [0.717, 1.165) is 40.6 Å². The second-order valence-corrected chi connectivity index (χ2v) is 7.90. The molecule has 1 amide bonds. The summed E-state index contributed by atoms with van der Waals surface area (Å²) in [6, 6.07) is 19.5. The summed E-state index contributed by atoms with van der Waals surface area (Å²) < 4.78 is 0. The smallest absolute Gasteiger partial charge is 0.245 e. The highest BCUT2D eigenvalue weighted by molar-refractivity contribution is 6.30. The quantitative estimate of drug-likeness (QED) is 0.571. The Kier molecular flexibility index (Phi) is 6.00. The molecule has 5 nitrogen and oxygen atoms in total. The van der Waals surface area contributed by atoms with Gasteiger partial charge in [0, 0.05) is 37.7 Å². The zero-order chi connectivity index (χ0) is 21.1. The monoisotopic (exact) mass is 420 g/mol. The first-order valence-electron chi connectivity index (χ1n) is 10.2. The second-order valence-electron chi connectivity index (χ2n) is 7.46. The van der Waals surface area contributed by atoms with Crippen molar-refractivity contribution in [3.05, 3.63) is 77.5 Å². The van der Waals surface area contributed by atoms with Gasteiger partial charge in [0.05, 0.1) is 12.2 Å². The van der Waals surface area contributed by atoms with Gasteiger partial charge in [0.2, 0.25) is 5.91 Å². The van der Waals surface area contributed by atoms with Crippen LogP contribution in [0.2, 0.25) is 0 Å². The van der Waals surface area contributed by atoms with Crippen molar-refractivity contribution in [2.75, 3.05) is 25.0 Å². The number of hydrogen-bond donors (Lipinski definition) is 0. The molecular formula is C24H25ClN4O. The minimum absolute atomic E-state index is 0.0780. The maximum absolute atomic E-state index is 13.1. The Hall–Kier alpha value is -2.92. The van der Waals surface area contributed by atoms with Crippen LogP contribution in [0.25, 0.3) is 11.4 Å². The molecule has 0 radical (unpaired) electrons. The summed E-state index contributed by atoms with van der Waals surface area (Å²) in [7, 11) is 2.02. The summed E-state index contributed by atoms with van der Waals surface area (Å²) in [4.78, 5) is 26.7. The average molecular weight is 421 g/mol. The molecule has 0 spiro atoms. The molecule has 154 valence electrons. The first-order chi connectivity index (χ1) is 14.6. The summed E-state index contributed by atoms with van der Waals surface area (Å²) in [5.74, 6) is 1.53. The van der Waals surface area contributed by atoms with Gasteiger partial charge in [0.25, 0.3) is 0 Å². The molecule has 1 aliphatic heterocycles. The third kappa shape index (κ3) is 4.03. The zero-order valence-electron chi connectivity index (χ0n) is 17.3. The number of alkyl halides is 1. The highest BCUT2D eigenvalue weighted by Crippen LogP contribution is 2.31. The lowest BCUT2D eigenvalue weighted by atomic mass is 10.0. The van der Waals surface area contributed by atoms with Crippen LogP contribution in [0.5, 0.6) is 0 Å². The average Bonchev–Trinajstić information content (AvgIpc) is 2.82. The molecule has 30 heavy (non-hydrogen) atoms. The van der Waals surface area contributed by atoms with Crippen molar-refractivity contribution in [3.63, 3.8) is 0 Å². The number of aromatic nitrogens is 2. The van der Waals surface area contributed by atoms with Gasteiger partial charge in [-0.15, -0.1) is 11.6 Å². The van der Waals surface area contributed by atoms with Gasteiger partial charge in [0.1, 0.15) is 11.2 Å². The summed E-state index contributed by atoms with van der Waals surface area (Å²) in [5.41, 5.74) is 3.83. The number of carbonyl (C=O) groups is 1. The Morgan fingerprint density at radius 3 is 2.43 bits per heavy atom. The molecule has 3 aromatic rings. The molecule has 0 fully saturated rings. The standard InChI is InChI=1S/C24H25ClN4O/c1-3-28(2)23-19-16-29(24(30)21(25)17-10-6-4-7-11-17)15-14-20(19)26-22(27-23)18-12-8-5-9-13-18/h4-13,21H,3,14-16H2,1-2H3/t21-/m1/s1. The fourth-order valence-corrected chi connectivity index (χ4v) is 3.98. The van der Waals surface area contributed by atoms with Crippen LogP contribution in [0.3, 0.4) is 0 Å². The van der Waals surface area contributed by atoms with E-state index in [9.17, 15) is 4.79 Å². The second kappa shape index (κ2) is 8.84. The number of amides is 1. The molecule has 6 heteroatoms. The Morgan fingerprint density at radius 2 is 1.77 bits per heavy atom. The van der Waals surface area contributed by atoms with E-state index in [0.29, 0.717) is 19.5 Å². The molecule has 0 unspecified atom stereocenters. The van der Waals surface area contributed by atoms with Crippen LogP contribution in [0.1, 0.15) is 29.1 Å². The molecule has 4 rings (SSSR count). The Bertz CT molecular complexity index is 1030. The van der Waals surface area contributed by atoms with Crippen molar-refractivity contribution in [3.8, 4) is 11.4 Å². The number of nitrogens with zero attached hydrogens (tertiary/aromatic N) is 4. The van der Waals surface area contributed by atoms with Gasteiger partial charge in [-0.2, -0.15) is 0 Å². The Labute approximate surface area is 182 Å². The Balaban J connectivity index is 1.66. The SMILES string of the molecule is CCN(C)c1nc(-c2ccccc2)nc2c1CN(C(=O)[C@H](Cl)c1ccccc1)CC2. The minimum atomic E-state index is -0.690. The van der Waals surface area contributed by atoms with Crippen LogP contribution >= 0.6 is 11.6 Å². The van der Waals surface area contributed by atoms with Crippen molar-refractivity contribution in [2.24, 2.45) is 0 Å². The van der Waals surface area contributed by atoms with Gasteiger partial charge in [-0.3, -0.25) is 4.79 Å². The molecule has 0 saturated carbocycles. The number of rotatable bonds is 5. The summed E-state index contributed by atoms with van der Waals surface area (Å²) in [6.45, 7) is 3.97. The van der Waals surface area contributed by atoms with Crippen molar-refractivity contribution in [1.29, 1.82) is 0 Å². The van der Waals surface area contributed by atoms with E-state index in [2.05, 4.69) is 11.8 Å². The lowest BCUT2D eigenvalue weighted by molar-refractivity contribution is -0.131. The van der Waals surface area contributed by atoms with Crippen LogP contribution in [-0.4, -0.2) is 40.9 Å². The van der Waals surface area contributed by atoms with Crippen LogP contribution < -0.4 is 4.90 Å². The molecule has 0 saturated heterocycles. The minimum Gasteiger partial charge on any atom is -0.360 e. The fraction of sp³-hybridized carbons (Fsp3) is 0.292. The molecule has 0 bridgehead atoms. The van der Waals surface area contributed by atoms with Crippen LogP contribution in [-0.2, 0) is 17.8 Å². The van der Waals surface area contributed by atoms with Crippen LogP contribution in [0.4, 0.5) is 5.82 Å². The lowest BCUT2D eigenvalue weighted by Crippen LogP contribution is -2.39. The van der Waals surface area contributed by atoms with Crippen LogP contribution in [0.15, 0.2) is 60.7 Å². The van der Waals surface area contributed by atoms with E-state index < -0.39 is 5.38 Å². The lowest BCUT2D eigenvalue weighted by Gasteiger charge is -2.32. The van der Waals surface area contributed by atoms with Gasteiger partial charge >= 0.3 is 0 Å². The molecule has 0 aliphatic carbocycles. The summed E-state index contributed by atoms with van der Waals surface area (Å²) in [5, 5.41) is -0.690. The topological polar surface area (TPSA) is 49.3 Å². The molecule has 2 aromatic carbocycles. The zero-order valence-corrected chi connectivity index (χ0v) is 18.0. The van der Waals surface area contributed by atoms with Gasteiger partial charge in [-0.05, 0) is 12.5 Å². The van der Waals surface area contributed by atoms with Gasteiger partial charge in [-0.25, -0.2) is 9.97 Å². The summed E-state index contributed by atoms with van der Waals surface area (Å²) >= 11 is 6.52. The van der Waals surface area contributed by atoms with Gasteiger partial charge in [-0.1, -0.05) is 60.7 Å². The van der Waals surface area contributed by atoms with E-state index in [4.69, 9.17) is 21.6 Å². The molecular weight excluding hydrogens is 396 g/mol. The number of anilines is 1. The van der Waals surface area contributed by atoms with Crippen molar-refractivity contribution in [2.45, 2.75) is 25.3 Å². The molecule has 1 atom stereocenters. The Morgan fingerprint density at radius 1 is 1.10 bits per heavy atom. The van der Waals surface area contributed by atoms with E-state index >= 15 is 0 Å². The largest absolute Gasteiger partial charge is 0.360 e. The molecule has 2 heterocycles. The number of hydrogen-bond acceptors (Lipinski definition) is 4. The normalized spacial score (nSPS) is 14.2.